The molecular weight excluding hydrogens is 493 g/mol. The zero-order valence-corrected chi connectivity index (χ0v) is 19.8. The van der Waals surface area contributed by atoms with Crippen molar-refractivity contribution in [1.29, 1.82) is 0 Å². The van der Waals surface area contributed by atoms with Gasteiger partial charge in [-0.15, -0.1) is 0 Å². The van der Waals surface area contributed by atoms with Crippen LogP contribution >= 0.6 is 0 Å². The summed E-state index contributed by atoms with van der Waals surface area (Å²) in [6.07, 6.45) is 0.580. The molecule has 0 saturated carbocycles. The second kappa shape index (κ2) is 8.75. The number of sulfonamides is 1. The normalized spacial score (nSPS) is 22.9. The second-order valence-electron chi connectivity index (χ2n) is 8.69. The van der Waals surface area contributed by atoms with Crippen molar-refractivity contribution in [2.24, 2.45) is 12.5 Å². The lowest BCUT2D eigenvalue weighted by molar-refractivity contribution is 0.0994. The van der Waals surface area contributed by atoms with Crippen molar-refractivity contribution < 1.29 is 40.7 Å². The van der Waals surface area contributed by atoms with Crippen molar-refractivity contribution in [2.75, 3.05) is 31.6 Å². The maximum Gasteiger partial charge on any atom is 0.409 e. The third kappa shape index (κ3) is 4.43. The Hall–Kier alpha value is -3.26. The number of rotatable bonds is 3. The van der Waals surface area contributed by atoms with Gasteiger partial charge in [-0.1, -0.05) is 6.92 Å². The number of benzene rings is 1. The van der Waals surface area contributed by atoms with E-state index in [1.54, 1.807) is 13.8 Å². The van der Waals surface area contributed by atoms with Crippen LogP contribution in [0.1, 0.15) is 24.3 Å². The molecule has 2 amide bonds. The fourth-order valence-corrected chi connectivity index (χ4v) is 5.76. The lowest BCUT2D eigenvalue weighted by atomic mass is 9.87. The van der Waals surface area contributed by atoms with Crippen LogP contribution in [0.25, 0.3) is 0 Å². The quantitative estimate of drug-likeness (QED) is 0.604. The first kappa shape index (κ1) is 24.9. The van der Waals surface area contributed by atoms with Gasteiger partial charge in [0.15, 0.2) is 28.9 Å². The number of halogens is 3. The van der Waals surface area contributed by atoms with Crippen molar-refractivity contribution in [1.82, 2.24) is 14.2 Å². The molecule has 1 aromatic carbocycles. The van der Waals surface area contributed by atoms with E-state index in [1.165, 1.54) is 22.7 Å². The number of aromatic nitrogens is 1. The van der Waals surface area contributed by atoms with Gasteiger partial charge in [0, 0.05) is 49.6 Å². The predicted molar refractivity (Wildman–Crippen MR) is 116 cm³/mol. The molecule has 2 atom stereocenters. The third-order valence-electron chi connectivity index (χ3n) is 6.01. The Morgan fingerprint density at radius 1 is 1.29 bits per heavy atom. The number of carbonyl (C=O) groups is 2. The number of hydrogen-bond donors (Lipinski definition) is 2. The summed E-state index contributed by atoms with van der Waals surface area (Å²) in [5, 5.41) is 2.23. The van der Waals surface area contributed by atoms with Crippen molar-refractivity contribution in [3.05, 3.63) is 41.5 Å². The molecule has 0 aliphatic carbocycles. The molecule has 35 heavy (non-hydrogen) atoms. The summed E-state index contributed by atoms with van der Waals surface area (Å²) >= 11 is 0. The summed E-state index contributed by atoms with van der Waals surface area (Å²) in [5.74, 6) is -5.90. The Bertz CT molecular complexity index is 1290. The van der Waals surface area contributed by atoms with E-state index in [0.717, 1.165) is 0 Å². The number of fused-ring (bicyclic) bond motifs is 2. The molecule has 190 valence electrons. The number of hydrogen-bond acceptors (Lipinski definition) is 6. The van der Waals surface area contributed by atoms with E-state index in [-0.39, 0.29) is 48.3 Å². The van der Waals surface area contributed by atoms with E-state index >= 15 is 0 Å². The second-order valence-corrected chi connectivity index (χ2v) is 10.4. The molecule has 2 N–H and O–H groups in total. The van der Waals surface area contributed by atoms with Gasteiger partial charge in [0.1, 0.15) is 4.90 Å². The van der Waals surface area contributed by atoms with E-state index in [9.17, 15) is 31.2 Å². The highest BCUT2D eigenvalue weighted by atomic mass is 32.2. The minimum absolute atomic E-state index is 0.0623. The maximum absolute atomic E-state index is 13.6. The zero-order chi connectivity index (χ0) is 25.7. The Morgan fingerprint density at radius 3 is 2.57 bits per heavy atom. The molecule has 0 bridgehead atoms. The summed E-state index contributed by atoms with van der Waals surface area (Å²) in [7, 11) is -2.81. The van der Waals surface area contributed by atoms with Gasteiger partial charge in [-0.3, -0.25) is 4.79 Å². The molecule has 1 saturated heterocycles. The van der Waals surface area contributed by atoms with E-state index < -0.39 is 50.9 Å². The fourth-order valence-electron chi connectivity index (χ4n) is 4.21. The monoisotopic (exact) mass is 516 g/mol. The topological polar surface area (TPSA) is 119 Å². The Balaban J connectivity index is 1.67. The molecule has 1 fully saturated rings. The third-order valence-corrected chi connectivity index (χ3v) is 7.48. The van der Waals surface area contributed by atoms with Gasteiger partial charge in [0.05, 0.1) is 19.3 Å². The zero-order valence-electron chi connectivity index (χ0n) is 19.0. The molecule has 2 aliphatic rings. The number of anilines is 1. The average molecular weight is 516 g/mol. The van der Waals surface area contributed by atoms with Crippen molar-refractivity contribution >= 4 is 27.7 Å². The number of aryl methyl sites for hydroxylation is 1. The first-order chi connectivity index (χ1) is 16.4. The highest BCUT2D eigenvalue weighted by molar-refractivity contribution is 7.89. The minimum Gasteiger partial charge on any atom is -0.489 e. The highest BCUT2D eigenvalue weighted by Gasteiger charge is 2.50. The summed E-state index contributed by atoms with van der Waals surface area (Å²) in [6, 6.07) is 0.500. The van der Waals surface area contributed by atoms with Crippen LogP contribution in [0.3, 0.4) is 0 Å². The largest absolute Gasteiger partial charge is 0.489 e. The SMILES string of the molecule is CCOC(=O)N1C[C@@H]2NS(=O)(=O)c3cn(C)c(C(=O)Nc4cc(F)c(F)c(F)c4)c3OC[C@]2(C)C1. The van der Waals surface area contributed by atoms with Gasteiger partial charge < -0.3 is 24.3 Å². The van der Waals surface area contributed by atoms with Gasteiger partial charge in [0.2, 0.25) is 10.0 Å². The predicted octanol–water partition coefficient (Wildman–Crippen LogP) is 2.21. The van der Waals surface area contributed by atoms with Gasteiger partial charge in [-0.05, 0) is 6.92 Å². The van der Waals surface area contributed by atoms with Gasteiger partial charge >= 0.3 is 6.09 Å². The smallest absolute Gasteiger partial charge is 0.409 e. The number of nitrogens with one attached hydrogen (secondary N) is 2. The summed E-state index contributed by atoms with van der Waals surface area (Å²) in [5.41, 5.74) is -1.47. The van der Waals surface area contributed by atoms with Crippen LogP contribution in [0.15, 0.2) is 23.2 Å². The molecule has 4 rings (SSSR count). The minimum atomic E-state index is -4.21. The highest BCUT2D eigenvalue weighted by Crippen LogP contribution is 2.39. The summed E-state index contributed by atoms with van der Waals surface area (Å²) in [4.78, 5) is 26.2. The lowest BCUT2D eigenvalue weighted by Crippen LogP contribution is -2.49. The van der Waals surface area contributed by atoms with Gasteiger partial charge in [-0.25, -0.2) is 31.1 Å². The van der Waals surface area contributed by atoms with E-state index in [0.29, 0.717) is 12.1 Å². The van der Waals surface area contributed by atoms with E-state index in [1.807, 2.05) is 0 Å². The molecule has 10 nitrogen and oxygen atoms in total. The number of amides is 2. The fraction of sp³-hybridized carbons (Fsp3) is 0.429. The van der Waals surface area contributed by atoms with Crippen molar-refractivity contribution in [3.8, 4) is 5.75 Å². The first-order valence-electron chi connectivity index (χ1n) is 10.6. The van der Waals surface area contributed by atoms with E-state index in [4.69, 9.17) is 9.47 Å². The van der Waals surface area contributed by atoms with Gasteiger partial charge in [-0.2, -0.15) is 0 Å². The average Bonchev–Trinajstić information content (AvgIpc) is 3.27. The number of ether oxygens (including phenoxy) is 2. The van der Waals surface area contributed by atoms with Crippen molar-refractivity contribution in [2.45, 2.75) is 24.8 Å². The molecule has 0 radical (unpaired) electrons. The van der Waals surface area contributed by atoms with E-state index in [2.05, 4.69) is 10.0 Å². The molecule has 1 aromatic heterocycles. The van der Waals surface area contributed by atoms with Crippen LogP contribution in [0.4, 0.5) is 23.7 Å². The number of likely N-dealkylation sites (tertiary alicyclic amines) is 1. The van der Waals surface area contributed by atoms with Crippen LogP contribution in [0, 0.1) is 22.9 Å². The van der Waals surface area contributed by atoms with Crippen LogP contribution in [-0.4, -0.2) is 62.2 Å². The number of carbonyl (C=O) groups excluding carboxylic acids is 2. The van der Waals surface area contributed by atoms with Crippen molar-refractivity contribution in [3.63, 3.8) is 0 Å². The molecule has 0 spiro atoms. The van der Waals surface area contributed by atoms with Crippen LogP contribution < -0.4 is 14.8 Å². The molecular formula is C21H23F3N4O6S. The first-order valence-corrected chi connectivity index (χ1v) is 12.1. The van der Waals surface area contributed by atoms with Crippen LogP contribution in [0.2, 0.25) is 0 Å². The Kier molecular flexibility index (Phi) is 6.21. The molecule has 0 unspecified atom stereocenters. The molecule has 2 aromatic rings. The van der Waals surface area contributed by atoms with Crippen LogP contribution in [-0.2, 0) is 21.8 Å². The molecule has 3 heterocycles. The molecule has 2 aliphatic heterocycles. The van der Waals surface area contributed by atoms with Gasteiger partial charge in [0.25, 0.3) is 5.91 Å². The number of nitrogens with zero attached hydrogens (tertiary/aromatic N) is 2. The standard InChI is InChI=1S/C21H23F3N4O6S/c1-4-33-20(30)28-8-15-21(2,9-28)10-34-18-14(35(31,32)26-15)7-27(3)17(18)19(29)25-11-5-12(22)16(24)13(23)6-11/h5-7,15,26H,4,8-10H2,1-3H3,(H,25,29)/t15-,21-/m0/s1. The molecule has 14 heteroatoms. The van der Waals surface area contributed by atoms with Crippen LogP contribution in [0.5, 0.6) is 5.75 Å². The lowest BCUT2D eigenvalue weighted by Gasteiger charge is -2.32. The maximum atomic E-state index is 13.6. The summed E-state index contributed by atoms with van der Waals surface area (Å²) in [6.45, 7) is 3.68. The Labute approximate surface area is 199 Å². The Morgan fingerprint density at radius 2 is 1.94 bits per heavy atom. The summed E-state index contributed by atoms with van der Waals surface area (Å²) < 4.78 is 81.4.